The number of benzene rings is 2. The zero-order valence-electron chi connectivity index (χ0n) is 16.8. The Morgan fingerprint density at radius 1 is 1.04 bits per heavy atom. The van der Waals surface area contributed by atoms with Crippen LogP contribution in [-0.2, 0) is 11.2 Å². The molecule has 28 heavy (non-hydrogen) atoms. The van der Waals surface area contributed by atoms with Crippen LogP contribution in [0.4, 0.5) is 11.4 Å². The molecule has 0 spiro atoms. The van der Waals surface area contributed by atoms with E-state index in [1.807, 2.05) is 17.0 Å². The fourth-order valence-corrected chi connectivity index (χ4v) is 4.25. The van der Waals surface area contributed by atoms with E-state index < -0.39 is 0 Å². The number of piperazine rings is 1. The maximum absolute atomic E-state index is 13.0. The van der Waals surface area contributed by atoms with E-state index in [-0.39, 0.29) is 5.91 Å². The Morgan fingerprint density at radius 2 is 1.75 bits per heavy atom. The number of hydrogen-bond donors (Lipinski definition) is 0. The molecule has 1 fully saturated rings. The lowest BCUT2D eigenvalue weighted by atomic mass is 9.96. The van der Waals surface area contributed by atoms with E-state index in [2.05, 4.69) is 53.1 Å². The number of methoxy groups -OCH3 is 1. The van der Waals surface area contributed by atoms with Crippen LogP contribution in [0.1, 0.15) is 18.9 Å². The molecule has 0 N–H and O–H groups in total. The van der Waals surface area contributed by atoms with E-state index in [1.165, 1.54) is 16.9 Å². The van der Waals surface area contributed by atoms with E-state index in [9.17, 15) is 4.79 Å². The zero-order valence-corrected chi connectivity index (χ0v) is 16.8. The normalized spacial score (nSPS) is 19.4. The van der Waals surface area contributed by atoms with Gasteiger partial charge in [-0.05, 0) is 55.7 Å². The standard InChI is InChI=1S/C23H29N3O2/c1-18-7-8-19-5-3-4-6-22(19)26(18)17-23(27)25-15-13-24(14-16-25)20-9-11-21(28-2)12-10-20/h3-6,9-12,18H,7-8,13-17H2,1-2H3/t18-/m0/s1. The molecular formula is C23H29N3O2. The van der Waals surface area contributed by atoms with Crippen LogP contribution in [0.15, 0.2) is 48.5 Å². The van der Waals surface area contributed by atoms with Crippen molar-refractivity contribution in [2.75, 3.05) is 49.6 Å². The van der Waals surface area contributed by atoms with Gasteiger partial charge in [-0.3, -0.25) is 4.79 Å². The predicted molar refractivity (Wildman–Crippen MR) is 113 cm³/mol. The first-order chi connectivity index (χ1) is 13.7. The van der Waals surface area contributed by atoms with Gasteiger partial charge in [0.2, 0.25) is 5.91 Å². The molecule has 148 valence electrons. The van der Waals surface area contributed by atoms with Gasteiger partial charge in [-0.15, -0.1) is 0 Å². The van der Waals surface area contributed by atoms with Crippen molar-refractivity contribution in [3.05, 3.63) is 54.1 Å². The lowest BCUT2D eigenvalue weighted by Crippen LogP contribution is -2.52. The van der Waals surface area contributed by atoms with Gasteiger partial charge in [0.1, 0.15) is 5.75 Å². The number of carbonyl (C=O) groups excluding carboxylic acids is 1. The number of rotatable bonds is 4. The summed E-state index contributed by atoms with van der Waals surface area (Å²) in [5.74, 6) is 1.10. The number of amides is 1. The molecule has 0 aromatic heterocycles. The summed E-state index contributed by atoms with van der Waals surface area (Å²) in [5.41, 5.74) is 3.77. The number of nitrogens with zero attached hydrogens (tertiary/aromatic N) is 3. The highest BCUT2D eigenvalue weighted by Crippen LogP contribution is 2.30. The number of fused-ring (bicyclic) bond motifs is 1. The summed E-state index contributed by atoms with van der Waals surface area (Å²) in [6.07, 6.45) is 2.21. The molecule has 0 bridgehead atoms. The first-order valence-corrected chi connectivity index (χ1v) is 10.2. The van der Waals surface area contributed by atoms with Gasteiger partial charge in [0.15, 0.2) is 0 Å². The maximum Gasteiger partial charge on any atom is 0.242 e. The molecule has 5 heteroatoms. The molecule has 0 saturated carbocycles. The van der Waals surface area contributed by atoms with Crippen LogP contribution in [0.25, 0.3) is 0 Å². The average molecular weight is 380 g/mol. The Labute approximate surface area is 167 Å². The summed E-state index contributed by atoms with van der Waals surface area (Å²) in [6, 6.07) is 17.1. The molecule has 1 saturated heterocycles. The molecule has 2 aliphatic heterocycles. The third-order valence-electron chi connectivity index (χ3n) is 6.04. The summed E-state index contributed by atoms with van der Waals surface area (Å²) in [6.45, 7) is 5.98. The molecule has 4 rings (SSSR count). The second-order valence-corrected chi connectivity index (χ2v) is 7.71. The van der Waals surface area contributed by atoms with Gasteiger partial charge in [0, 0.05) is 43.6 Å². The van der Waals surface area contributed by atoms with E-state index >= 15 is 0 Å². The highest BCUT2D eigenvalue weighted by Gasteiger charge is 2.28. The first-order valence-electron chi connectivity index (χ1n) is 10.2. The molecular weight excluding hydrogens is 350 g/mol. The van der Waals surface area contributed by atoms with Crippen LogP contribution < -0.4 is 14.5 Å². The lowest BCUT2D eigenvalue weighted by molar-refractivity contribution is -0.130. The Morgan fingerprint density at radius 3 is 2.46 bits per heavy atom. The van der Waals surface area contributed by atoms with Gasteiger partial charge >= 0.3 is 0 Å². The topological polar surface area (TPSA) is 36.0 Å². The van der Waals surface area contributed by atoms with Crippen LogP contribution in [0.5, 0.6) is 5.75 Å². The van der Waals surface area contributed by atoms with Gasteiger partial charge in [0.25, 0.3) is 0 Å². The van der Waals surface area contributed by atoms with Gasteiger partial charge in [-0.25, -0.2) is 0 Å². The van der Waals surface area contributed by atoms with E-state index in [0.29, 0.717) is 12.6 Å². The number of carbonyl (C=O) groups is 1. The van der Waals surface area contributed by atoms with Crippen LogP contribution in [-0.4, -0.2) is 56.7 Å². The van der Waals surface area contributed by atoms with Crippen molar-refractivity contribution in [2.45, 2.75) is 25.8 Å². The molecule has 2 heterocycles. The smallest absolute Gasteiger partial charge is 0.242 e. The summed E-state index contributed by atoms with van der Waals surface area (Å²) in [5, 5.41) is 0. The summed E-state index contributed by atoms with van der Waals surface area (Å²) < 4.78 is 5.23. The Bertz CT molecular complexity index is 813. The third-order valence-corrected chi connectivity index (χ3v) is 6.04. The summed E-state index contributed by atoms with van der Waals surface area (Å²) >= 11 is 0. The van der Waals surface area contributed by atoms with Crippen molar-refractivity contribution < 1.29 is 9.53 Å². The van der Waals surface area contributed by atoms with Crippen molar-refractivity contribution in [3.8, 4) is 5.75 Å². The third kappa shape index (κ3) is 3.79. The molecule has 2 aromatic carbocycles. The fraction of sp³-hybridized carbons (Fsp3) is 0.435. The van der Waals surface area contributed by atoms with E-state index in [4.69, 9.17) is 4.74 Å². The average Bonchev–Trinajstić information content (AvgIpc) is 2.76. The molecule has 1 atom stereocenters. The van der Waals surface area contributed by atoms with Gasteiger partial charge in [0.05, 0.1) is 13.7 Å². The second kappa shape index (κ2) is 8.13. The van der Waals surface area contributed by atoms with Crippen LogP contribution in [0.2, 0.25) is 0 Å². The number of hydrogen-bond acceptors (Lipinski definition) is 4. The van der Waals surface area contributed by atoms with Gasteiger partial charge in [-0.2, -0.15) is 0 Å². The van der Waals surface area contributed by atoms with Crippen LogP contribution >= 0.6 is 0 Å². The van der Waals surface area contributed by atoms with Crippen molar-refractivity contribution in [2.24, 2.45) is 0 Å². The molecule has 0 aliphatic carbocycles. The number of aryl methyl sites for hydroxylation is 1. The van der Waals surface area contributed by atoms with Gasteiger partial charge in [-0.1, -0.05) is 18.2 Å². The van der Waals surface area contributed by atoms with Crippen molar-refractivity contribution in [3.63, 3.8) is 0 Å². The number of para-hydroxylation sites is 1. The monoisotopic (exact) mass is 379 g/mol. The first kappa shape index (κ1) is 18.7. The number of anilines is 2. The zero-order chi connectivity index (χ0) is 19.5. The minimum atomic E-state index is 0.234. The molecule has 1 amide bonds. The molecule has 5 nitrogen and oxygen atoms in total. The second-order valence-electron chi connectivity index (χ2n) is 7.71. The van der Waals surface area contributed by atoms with Crippen molar-refractivity contribution in [1.29, 1.82) is 0 Å². The van der Waals surface area contributed by atoms with Gasteiger partial charge < -0.3 is 19.4 Å². The summed E-state index contributed by atoms with van der Waals surface area (Å²) in [4.78, 5) is 19.6. The molecule has 0 unspecified atom stereocenters. The van der Waals surface area contributed by atoms with Crippen LogP contribution in [0, 0.1) is 0 Å². The van der Waals surface area contributed by atoms with Crippen molar-refractivity contribution >= 4 is 17.3 Å². The molecule has 0 radical (unpaired) electrons. The van der Waals surface area contributed by atoms with E-state index in [0.717, 1.165) is 44.8 Å². The Kier molecular flexibility index (Phi) is 5.42. The molecule has 2 aromatic rings. The summed E-state index contributed by atoms with van der Waals surface area (Å²) in [7, 11) is 1.68. The highest BCUT2D eigenvalue weighted by atomic mass is 16.5. The highest BCUT2D eigenvalue weighted by molar-refractivity contribution is 5.82. The largest absolute Gasteiger partial charge is 0.497 e. The minimum Gasteiger partial charge on any atom is -0.497 e. The fourth-order valence-electron chi connectivity index (χ4n) is 4.25. The van der Waals surface area contributed by atoms with Crippen LogP contribution in [0.3, 0.4) is 0 Å². The SMILES string of the molecule is COc1ccc(N2CCN(C(=O)CN3c4ccccc4CC[C@@H]3C)CC2)cc1. The minimum absolute atomic E-state index is 0.234. The Balaban J connectivity index is 1.36. The quantitative estimate of drug-likeness (QED) is 0.817. The Hall–Kier alpha value is -2.69. The van der Waals surface area contributed by atoms with E-state index in [1.54, 1.807) is 7.11 Å². The predicted octanol–water partition coefficient (Wildman–Crippen LogP) is 3.19. The lowest BCUT2D eigenvalue weighted by Gasteiger charge is -2.40. The molecule has 2 aliphatic rings. The maximum atomic E-state index is 13.0. The number of ether oxygens (including phenoxy) is 1. The van der Waals surface area contributed by atoms with Crippen molar-refractivity contribution in [1.82, 2.24) is 4.90 Å².